The number of aliphatic imine (C=N–C) groups is 1. The Kier molecular flexibility index (Phi) is 14.1. The van der Waals surface area contributed by atoms with E-state index in [0.29, 0.717) is 25.2 Å². The SMILES string of the molecule is CN=C(NCCCCCOC1CCCCC1)NCc1ccc(C)cc1OCC1CCOC1.I. The number of unbranched alkanes of at least 4 members (excludes halogenated alkanes) is 2. The standard InChI is InChI=1S/C26H43N3O3.HI/c1-21-11-12-23(25(17-21)32-20-22-13-16-30-19-22)18-29-26(27-2)28-14-7-4-8-15-31-24-9-5-3-6-10-24;/h11-12,17,22,24H,3-10,13-16,18-20H2,1-2H3,(H2,27,28,29);1H. The Bertz CT molecular complexity index is 689. The van der Waals surface area contributed by atoms with Crippen molar-refractivity contribution >= 4 is 29.9 Å². The van der Waals surface area contributed by atoms with Gasteiger partial charge in [-0.25, -0.2) is 0 Å². The van der Waals surface area contributed by atoms with Gasteiger partial charge in [-0.1, -0.05) is 31.4 Å². The Morgan fingerprint density at radius 2 is 1.94 bits per heavy atom. The van der Waals surface area contributed by atoms with Crippen molar-refractivity contribution in [2.24, 2.45) is 10.9 Å². The van der Waals surface area contributed by atoms with Gasteiger partial charge in [0.05, 0.1) is 19.3 Å². The summed E-state index contributed by atoms with van der Waals surface area (Å²) >= 11 is 0. The molecule has 1 aliphatic heterocycles. The van der Waals surface area contributed by atoms with Crippen LogP contribution in [-0.2, 0) is 16.0 Å². The molecule has 7 heteroatoms. The van der Waals surface area contributed by atoms with Gasteiger partial charge < -0.3 is 24.8 Å². The van der Waals surface area contributed by atoms with Crippen molar-refractivity contribution in [2.75, 3.05) is 40.0 Å². The first kappa shape index (κ1) is 28.2. The van der Waals surface area contributed by atoms with Crippen LogP contribution in [0.3, 0.4) is 0 Å². The fourth-order valence-electron chi connectivity index (χ4n) is 4.36. The van der Waals surface area contributed by atoms with Crippen molar-refractivity contribution in [3.05, 3.63) is 29.3 Å². The molecule has 2 N–H and O–H groups in total. The first-order valence-corrected chi connectivity index (χ1v) is 12.6. The Morgan fingerprint density at radius 1 is 1.09 bits per heavy atom. The number of rotatable bonds is 12. The van der Waals surface area contributed by atoms with Crippen molar-refractivity contribution in [2.45, 2.75) is 77.4 Å². The number of hydrogen-bond acceptors (Lipinski definition) is 4. The van der Waals surface area contributed by atoms with Crippen molar-refractivity contribution in [3.8, 4) is 5.75 Å². The lowest BCUT2D eigenvalue weighted by Gasteiger charge is -2.21. The third kappa shape index (κ3) is 10.8. The van der Waals surface area contributed by atoms with Gasteiger partial charge >= 0.3 is 0 Å². The lowest BCUT2D eigenvalue weighted by Crippen LogP contribution is -2.37. The molecule has 0 bridgehead atoms. The van der Waals surface area contributed by atoms with Gasteiger partial charge in [0.15, 0.2) is 5.96 Å². The monoisotopic (exact) mass is 573 g/mol. The number of benzene rings is 1. The van der Waals surface area contributed by atoms with E-state index in [4.69, 9.17) is 14.2 Å². The summed E-state index contributed by atoms with van der Waals surface area (Å²) in [5.41, 5.74) is 2.36. The smallest absolute Gasteiger partial charge is 0.191 e. The van der Waals surface area contributed by atoms with Gasteiger partial charge in [-0.15, -0.1) is 24.0 Å². The molecular formula is C26H44IN3O3. The highest BCUT2D eigenvalue weighted by atomic mass is 127. The molecule has 2 fully saturated rings. The molecule has 1 unspecified atom stereocenters. The Hall–Kier alpha value is -1.06. The first-order valence-electron chi connectivity index (χ1n) is 12.6. The number of halogens is 1. The molecule has 1 aliphatic carbocycles. The largest absolute Gasteiger partial charge is 0.493 e. The van der Waals surface area contributed by atoms with Crippen LogP contribution in [0.5, 0.6) is 5.75 Å². The average molecular weight is 574 g/mol. The van der Waals surface area contributed by atoms with E-state index < -0.39 is 0 Å². The summed E-state index contributed by atoms with van der Waals surface area (Å²) in [6.45, 7) is 6.99. The molecule has 188 valence electrons. The molecule has 0 spiro atoms. The Morgan fingerprint density at radius 3 is 2.70 bits per heavy atom. The van der Waals surface area contributed by atoms with Gasteiger partial charge in [-0.3, -0.25) is 4.99 Å². The number of ether oxygens (including phenoxy) is 3. The molecule has 1 atom stereocenters. The van der Waals surface area contributed by atoms with Crippen molar-refractivity contribution in [1.29, 1.82) is 0 Å². The van der Waals surface area contributed by atoms with Gasteiger partial charge in [-0.2, -0.15) is 0 Å². The fraction of sp³-hybridized carbons (Fsp3) is 0.731. The minimum Gasteiger partial charge on any atom is -0.493 e. The zero-order valence-electron chi connectivity index (χ0n) is 20.6. The van der Waals surface area contributed by atoms with Gasteiger partial charge in [0.1, 0.15) is 5.75 Å². The highest BCUT2D eigenvalue weighted by Gasteiger charge is 2.17. The topological polar surface area (TPSA) is 64.1 Å². The second kappa shape index (κ2) is 16.5. The number of guanidine groups is 1. The predicted molar refractivity (Wildman–Crippen MR) is 146 cm³/mol. The van der Waals surface area contributed by atoms with E-state index in [1.54, 1.807) is 0 Å². The summed E-state index contributed by atoms with van der Waals surface area (Å²) in [4.78, 5) is 4.37. The van der Waals surface area contributed by atoms with Crippen LogP contribution in [0.1, 0.15) is 68.9 Å². The maximum atomic E-state index is 6.16. The van der Waals surface area contributed by atoms with Crippen molar-refractivity contribution in [3.63, 3.8) is 0 Å². The van der Waals surface area contributed by atoms with Crippen LogP contribution in [0.2, 0.25) is 0 Å². The minimum atomic E-state index is 0. The Balaban J connectivity index is 0.00000385. The molecule has 1 saturated heterocycles. The van der Waals surface area contributed by atoms with Gasteiger partial charge in [-0.05, 0) is 57.1 Å². The van der Waals surface area contributed by atoms with Crippen LogP contribution in [0, 0.1) is 12.8 Å². The molecule has 0 aromatic heterocycles. The van der Waals surface area contributed by atoms with E-state index in [0.717, 1.165) is 62.9 Å². The minimum absolute atomic E-state index is 0. The molecule has 1 heterocycles. The fourth-order valence-corrected chi connectivity index (χ4v) is 4.36. The second-order valence-corrected chi connectivity index (χ2v) is 9.20. The van der Waals surface area contributed by atoms with E-state index in [2.05, 4.69) is 40.7 Å². The summed E-state index contributed by atoms with van der Waals surface area (Å²) in [5, 5.41) is 6.86. The van der Waals surface area contributed by atoms with Gasteiger partial charge in [0.2, 0.25) is 0 Å². The normalized spacial score (nSPS) is 19.2. The second-order valence-electron chi connectivity index (χ2n) is 9.20. The molecule has 33 heavy (non-hydrogen) atoms. The maximum Gasteiger partial charge on any atom is 0.191 e. The predicted octanol–water partition coefficient (Wildman–Crippen LogP) is 5.21. The van der Waals surface area contributed by atoms with Crippen LogP contribution in [0.15, 0.2) is 23.2 Å². The van der Waals surface area contributed by atoms with Crippen LogP contribution in [-0.4, -0.2) is 52.1 Å². The summed E-state index contributed by atoms with van der Waals surface area (Å²) in [7, 11) is 1.82. The summed E-state index contributed by atoms with van der Waals surface area (Å²) in [6.07, 6.45) is 11.6. The van der Waals surface area contributed by atoms with Crippen molar-refractivity contribution < 1.29 is 14.2 Å². The molecule has 0 radical (unpaired) electrons. The number of aryl methyl sites for hydroxylation is 1. The zero-order valence-corrected chi connectivity index (χ0v) is 22.9. The number of hydrogen-bond donors (Lipinski definition) is 2. The summed E-state index contributed by atoms with van der Waals surface area (Å²) < 4.78 is 17.6. The van der Waals surface area contributed by atoms with Crippen molar-refractivity contribution in [1.82, 2.24) is 10.6 Å². The number of nitrogens with zero attached hydrogens (tertiary/aromatic N) is 1. The highest BCUT2D eigenvalue weighted by Crippen LogP contribution is 2.23. The van der Waals surface area contributed by atoms with Crippen LogP contribution in [0.4, 0.5) is 0 Å². The van der Waals surface area contributed by atoms with Crippen LogP contribution >= 0.6 is 24.0 Å². The van der Waals surface area contributed by atoms with Gasteiger partial charge in [0.25, 0.3) is 0 Å². The molecule has 1 saturated carbocycles. The van der Waals surface area contributed by atoms with E-state index in [-0.39, 0.29) is 24.0 Å². The summed E-state index contributed by atoms with van der Waals surface area (Å²) in [6, 6.07) is 6.40. The Labute approximate surface area is 217 Å². The van der Waals surface area contributed by atoms with E-state index in [1.165, 1.54) is 44.1 Å². The molecule has 6 nitrogen and oxygen atoms in total. The lowest BCUT2D eigenvalue weighted by atomic mass is 9.98. The van der Waals surface area contributed by atoms with E-state index in [1.807, 2.05) is 7.05 Å². The lowest BCUT2D eigenvalue weighted by molar-refractivity contribution is 0.0264. The number of nitrogens with one attached hydrogen (secondary N) is 2. The van der Waals surface area contributed by atoms with E-state index >= 15 is 0 Å². The molecule has 1 aromatic rings. The molecule has 0 amide bonds. The highest BCUT2D eigenvalue weighted by molar-refractivity contribution is 14.0. The van der Waals surface area contributed by atoms with Crippen LogP contribution < -0.4 is 15.4 Å². The van der Waals surface area contributed by atoms with Crippen LogP contribution in [0.25, 0.3) is 0 Å². The summed E-state index contributed by atoms with van der Waals surface area (Å²) in [5.74, 6) is 2.29. The molecular weight excluding hydrogens is 529 g/mol. The van der Waals surface area contributed by atoms with Gasteiger partial charge in [0, 0.05) is 44.8 Å². The third-order valence-corrected chi connectivity index (χ3v) is 6.41. The third-order valence-electron chi connectivity index (χ3n) is 6.41. The maximum absolute atomic E-state index is 6.16. The quantitative estimate of drug-likeness (QED) is 0.156. The first-order chi connectivity index (χ1) is 15.7. The molecule has 3 rings (SSSR count). The molecule has 2 aliphatic rings. The zero-order chi connectivity index (χ0) is 22.4. The average Bonchev–Trinajstić information content (AvgIpc) is 3.34. The molecule has 1 aromatic carbocycles. The van der Waals surface area contributed by atoms with E-state index in [9.17, 15) is 0 Å².